The first-order valence-corrected chi connectivity index (χ1v) is 5.38. The van der Waals surface area contributed by atoms with Gasteiger partial charge in [-0.15, -0.1) is 0 Å². The highest BCUT2D eigenvalue weighted by Gasteiger charge is 2.22. The molecule has 0 unspecified atom stereocenters. The summed E-state index contributed by atoms with van der Waals surface area (Å²) in [5.41, 5.74) is 2.02. The van der Waals surface area contributed by atoms with Gasteiger partial charge in [0.2, 0.25) is 0 Å². The van der Waals surface area contributed by atoms with E-state index >= 15 is 0 Å². The van der Waals surface area contributed by atoms with Crippen LogP contribution in [0, 0.1) is 0 Å². The van der Waals surface area contributed by atoms with Crippen molar-refractivity contribution in [2.75, 3.05) is 7.11 Å². The topological polar surface area (TPSA) is 26.2 Å². The zero-order chi connectivity index (χ0) is 11.8. The van der Waals surface area contributed by atoms with Crippen LogP contribution in [-0.2, 0) is 5.41 Å². The standard InChI is InChI=1S/C13H17N2O/c1-13(2,3)11-9-15-8-6-5-7-10(15)12(14-11)16-4/h5-9H,1-4H3/q+1. The van der Waals surface area contributed by atoms with Crippen molar-refractivity contribution in [1.29, 1.82) is 0 Å². The Bertz CT molecular complexity index is 515. The van der Waals surface area contributed by atoms with Gasteiger partial charge in [-0.2, -0.15) is 4.40 Å². The van der Waals surface area contributed by atoms with Gasteiger partial charge in [0.1, 0.15) is 5.69 Å². The third-order valence-electron chi connectivity index (χ3n) is 2.55. The van der Waals surface area contributed by atoms with E-state index in [0.29, 0.717) is 5.88 Å². The molecule has 0 atom stereocenters. The summed E-state index contributed by atoms with van der Waals surface area (Å²) in [4.78, 5) is 4.55. The maximum absolute atomic E-state index is 5.33. The Kier molecular flexibility index (Phi) is 2.54. The predicted molar refractivity (Wildman–Crippen MR) is 62.6 cm³/mol. The fourth-order valence-electron chi connectivity index (χ4n) is 1.59. The molecule has 0 saturated heterocycles. The van der Waals surface area contributed by atoms with Crippen molar-refractivity contribution in [2.45, 2.75) is 26.2 Å². The maximum Gasteiger partial charge on any atom is 0.288 e. The third kappa shape index (κ3) is 1.85. The zero-order valence-electron chi connectivity index (χ0n) is 10.2. The summed E-state index contributed by atoms with van der Waals surface area (Å²) < 4.78 is 7.38. The highest BCUT2D eigenvalue weighted by Crippen LogP contribution is 2.22. The minimum Gasteiger partial charge on any atom is -0.476 e. The van der Waals surface area contributed by atoms with E-state index in [1.165, 1.54) is 0 Å². The SMILES string of the molecule is COc1nc(C(C)(C)C)c[n+]2ccccc12. The van der Waals surface area contributed by atoms with Crippen LogP contribution in [0.5, 0.6) is 5.88 Å². The normalized spacial score (nSPS) is 11.8. The molecule has 0 bridgehead atoms. The molecule has 0 amide bonds. The van der Waals surface area contributed by atoms with Crippen molar-refractivity contribution in [3.05, 3.63) is 36.3 Å². The molecule has 0 fully saturated rings. The zero-order valence-corrected chi connectivity index (χ0v) is 10.2. The minimum absolute atomic E-state index is 0.0182. The molecule has 0 aliphatic rings. The molecule has 3 nitrogen and oxygen atoms in total. The summed E-state index contributed by atoms with van der Waals surface area (Å²) in [5.74, 6) is 0.674. The van der Waals surface area contributed by atoms with Crippen LogP contribution in [-0.4, -0.2) is 12.1 Å². The van der Waals surface area contributed by atoms with Crippen molar-refractivity contribution in [1.82, 2.24) is 4.98 Å². The van der Waals surface area contributed by atoms with Crippen LogP contribution in [0.15, 0.2) is 30.6 Å². The van der Waals surface area contributed by atoms with E-state index in [-0.39, 0.29) is 5.41 Å². The van der Waals surface area contributed by atoms with Gasteiger partial charge in [-0.3, -0.25) is 0 Å². The number of rotatable bonds is 1. The van der Waals surface area contributed by atoms with Crippen molar-refractivity contribution in [2.24, 2.45) is 0 Å². The van der Waals surface area contributed by atoms with E-state index in [0.717, 1.165) is 11.2 Å². The number of methoxy groups -OCH3 is 1. The lowest BCUT2D eigenvalue weighted by Gasteiger charge is -2.16. The number of pyridine rings is 1. The fraction of sp³-hybridized carbons (Fsp3) is 0.385. The largest absolute Gasteiger partial charge is 0.476 e. The average molecular weight is 217 g/mol. The molecule has 16 heavy (non-hydrogen) atoms. The van der Waals surface area contributed by atoms with Gasteiger partial charge in [-0.05, 0) is 6.07 Å². The lowest BCUT2D eigenvalue weighted by molar-refractivity contribution is -0.513. The van der Waals surface area contributed by atoms with Crippen molar-refractivity contribution in [3.8, 4) is 5.88 Å². The molecule has 2 aromatic heterocycles. The molecule has 0 aromatic carbocycles. The van der Waals surface area contributed by atoms with E-state index in [1.807, 2.05) is 28.8 Å². The van der Waals surface area contributed by atoms with Crippen LogP contribution in [0.1, 0.15) is 26.5 Å². The summed E-state index contributed by atoms with van der Waals surface area (Å²) in [6, 6.07) is 5.98. The molecule has 0 aliphatic carbocycles. The molecule has 3 heteroatoms. The van der Waals surface area contributed by atoms with E-state index in [2.05, 4.69) is 32.0 Å². The molecule has 2 rings (SSSR count). The monoisotopic (exact) mass is 217 g/mol. The number of fused-ring (bicyclic) bond motifs is 1. The van der Waals surface area contributed by atoms with Gasteiger partial charge in [0.25, 0.3) is 11.4 Å². The average Bonchev–Trinajstić information content (AvgIpc) is 2.26. The minimum atomic E-state index is 0.0182. The molecule has 2 heterocycles. The van der Waals surface area contributed by atoms with Crippen LogP contribution in [0.3, 0.4) is 0 Å². The Balaban J connectivity index is 2.73. The summed E-state index contributed by atoms with van der Waals surface area (Å²) in [6.45, 7) is 6.43. The first-order chi connectivity index (χ1) is 7.52. The van der Waals surface area contributed by atoms with E-state index in [1.54, 1.807) is 7.11 Å². The quantitative estimate of drug-likeness (QED) is 0.684. The molecule has 84 valence electrons. The Morgan fingerprint density at radius 1 is 1.25 bits per heavy atom. The number of hydrogen-bond donors (Lipinski definition) is 0. The van der Waals surface area contributed by atoms with Crippen LogP contribution < -0.4 is 9.14 Å². The van der Waals surface area contributed by atoms with Gasteiger partial charge >= 0.3 is 0 Å². The molecule has 0 radical (unpaired) electrons. The van der Waals surface area contributed by atoms with Crippen molar-refractivity contribution < 1.29 is 9.14 Å². The van der Waals surface area contributed by atoms with Crippen molar-refractivity contribution in [3.63, 3.8) is 0 Å². The summed E-state index contributed by atoms with van der Waals surface area (Å²) in [5, 5.41) is 0. The molecule has 0 N–H and O–H groups in total. The molecule has 0 saturated carbocycles. The number of nitrogens with zero attached hydrogens (tertiary/aromatic N) is 2. The number of aromatic nitrogens is 2. The van der Waals surface area contributed by atoms with Crippen LogP contribution in [0.25, 0.3) is 5.52 Å². The van der Waals surface area contributed by atoms with Gasteiger partial charge in [-0.25, -0.2) is 4.98 Å². The van der Waals surface area contributed by atoms with Gasteiger partial charge in [0.15, 0.2) is 12.4 Å². The summed E-state index contributed by atoms with van der Waals surface area (Å²) in [7, 11) is 1.65. The lowest BCUT2D eigenvalue weighted by Crippen LogP contribution is -2.27. The Hall–Kier alpha value is -1.64. The highest BCUT2D eigenvalue weighted by molar-refractivity contribution is 5.49. The lowest BCUT2D eigenvalue weighted by atomic mass is 9.92. The second-order valence-electron chi connectivity index (χ2n) is 4.88. The van der Waals surface area contributed by atoms with Gasteiger partial charge in [0.05, 0.1) is 7.11 Å². The highest BCUT2D eigenvalue weighted by atomic mass is 16.5. The Morgan fingerprint density at radius 3 is 2.62 bits per heavy atom. The third-order valence-corrected chi connectivity index (χ3v) is 2.55. The second kappa shape index (κ2) is 3.74. The molecule has 2 aromatic rings. The van der Waals surface area contributed by atoms with E-state index in [9.17, 15) is 0 Å². The van der Waals surface area contributed by atoms with Crippen molar-refractivity contribution >= 4 is 5.52 Å². The summed E-state index contributed by atoms with van der Waals surface area (Å²) in [6.07, 6.45) is 4.06. The predicted octanol–water partition coefficient (Wildman–Crippen LogP) is 2.13. The molecule has 0 aliphatic heterocycles. The van der Waals surface area contributed by atoms with Gasteiger partial charge in [-0.1, -0.05) is 20.8 Å². The molecular weight excluding hydrogens is 200 g/mol. The number of hydrogen-bond acceptors (Lipinski definition) is 2. The molecule has 0 spiro atoms. The van der Waals surface area contributed by atoms with Crippen LogP contribution in [0.2, 0.25) is 0 Å². The molecular formula is C13H17N2O+. The second-order valence-corrected chi connectivity index (χ2v) is 4.88. The fourth-order valence-corrected chi connectivity index (χ4v) is 1.59. The van der Waals surface area contributed by atoms with Crippen LogP contribution in [0.4, 0.5) is 0 Å². The Morgan fingerprint density at radius 2 is 2.00 bits per heavy atom. The number of ether oxygens (including phenoxy) is 1. The first kappa shape index (κ1) is 10.9. The maximum atomic E-state index is 5.33. The van der Waals surface area contributed by atoms with E-state index < -0.39 is 0 Å². The first-order valence-electron chi connectivity index (χ1n) is 5.38. The van der Waals surface area contributed by atoms with Gasteiger partial charge in [0, 0.05) is 17.5 Å². The summed E-state index contributed by atoms with van der Waals surface area (Å²) >= 11 is 0. The van der Waals surface area contributed by atoms with E-state index in [4.69, 9.17) is 4.74 Å². The Labute approximate surface area is 95.7 Å². The smallest absolute Gasteiger partial charge is 0.288 e. The van der Waals surface area contributed by atoms with Gasteiger partial charge < -0.3 is 4.74 Å². The van der Waals surface area contributed by atoms with Crippen LogP contribution >= 0.6 is 0 Å².